The van der Waals surface area contributed by atoms with Crippen LogP contribution in [-0.2, 0) is 0 Å². The molecule has 0 nitrogen and oxygen atoms in total. The lowest BCUT2D eigenvalue weighted by molar-refractivity contribution is 0.974. The molecule has 0 rings (SSSR count). The second-order valence-corrected chi connectivity index (χ2v) is 2.33. The molecule has 0 radical (unpaired) electrons. The first-order chi connectivity index (χ1) is 3.91. The van der Waals surface area contributed by atoms with Gasteiger partial charge in [-0.3, -0.25) is 0 Å². The molecule has 0 aliphatic rings. The third-order valence-electron chi connectivity index (χ3n) is 0.801. The molecule has 0 saturated heterocycles. The van der Waals surface area contributed by atoms with Crippen LogP contribution in [0.25, 0.3) is 0 Å². The molecule has 48 valence electrons. The van der Waals surface area contributed by atoms with Gasteiger partial charge in [0.25, 0.3) is 0 Å². The minimum absolute atomic E-state index is 0.854. The summed E-state index contributed by atoms with van der Waals surface area (Å²) in [5.74, 6) is 1.84. The molecule has 0 aliphatic carbocycles. The summed E-state index contributed by atoms with van der Waals surface area (Å²) in [5.41, 5.74) is 0. The van der Waals surface area contributed by atoms with E-state index in [2.05, 4.69) is 37.4 Å². The minimum atomic E-state index is 0.854. The summed E-state index contributed by atoms with van der Waals surface area (Å²) in [6, 6.07) is 0. The van der Waals surface area contributed by atoms with E-state index in [0.29, 0.717) is 0 Å². The van der Waals surface area contributed by atoms with Crippen molar-refractivity contribution in [3.63, 3.8) is 0 Å². The third kappa shape index (κ3) is 6.44. The van der Waals surface area contributed by atoms with Crippen molar-refractivity contribution in [2.75, 3.05) is 11.5 Å². The van der Waals surface area contributed by atoms with Gasteiger partial charge in [0.05, 0.1) is 0 Å². The lowest BCUT2D eigenvalue weighted by Gasteiger charge is -1.84. The molecular weight excluding hydrogens is 136 g/mol. The monoisotopic (exact) mass is 148 g/mol. The predicted octanol–water partition coefficient (Wildman–Crippen LogP) is 2.18. The van der Waals surface area contributed by atoms with Crippen LogP contribution in [0.4, 0.5) is 0 Å². The quantitative estimate of drug-likeness (QED) is 0.341. The fourth-order valence-electron chi connectivity index (χ4n) is 0.402. The standard InChI is InChI=1S/C6H12S2/c7-5-3-1-2-4-6-8/h1,3,7-8H,2,4-6H2/b3-1-. The van der Waals surface area contributed by atoms with Crippen molar-refractivity contribution < 1.29 is 0 Å². The molecule has 8 heavy (non-hydrogen) atoms. The topological polar surface area (TPSA) is 0 Å². The van der Waals surface area contributed by atoms with Gasteiger partial charge >= 0.3 is 0 Å². The summed E-state index contributed by atoms with van der Waals surface area (Å²) in [7, 11) is 0. The van der Waals surface area contributed by atoms with Crippen LogP contribution in [0.15, 0.2) is 12.2 Å². The molecule has 0 heterocycles. The van der Waals surface area contributed by atoms with E-state index in [-0.39, 0.29) is 0 Å². The van der Waals surface area contributed by atoms with Crippen LogP contribution < -0.4 is 0 Å². The Hall–Kier alpha value is 0.440. The SMILES string of the molecule is SC/C=C\CCCS. The highest BCUT2D eigenvalue weighted by atomic mass is 32.1. The van der Waals surface area contributed by atoms with E-state index >= 15 is 0 Å². The van der Waals surface area contributed by atoms with Gasteiger partial charge in [0.15, 0.2) is 0 Å². The van der Waals surface area contributed by atoms with Gasteiger partial charge in [0, 0.05) is 5.75 Å². The van der Waals surface area contributed by atoms with Crippen molar-refractivity contribution >= 4 is 25.3 Å². The Kier molecular flexibility index (Phi) is 7.85. The molecule has 0 aromatic rings. The lowest BCUT2D eigenvalue weighted by Crippen LogP contribution is -1.70. The Morgan fingerprint density at radius 1 is 1.12 bits per heavy atom. The van der Waals surface area contributed by atoms with E-state index < -0.39 is 0 Å². The van der Waals surface area contributed by atoms with Crippen molar-refractivity contribution in [2.24, 2.45) is 0 Å². The average Bonchev–Trinajstić information content (AvgIpc) is 1.81. The molecule has 0 amide bonds. The zero-order valence-corrected chi connectivity index (χ0v) is 6.67. The Labute approximate surface area is 62.2 Å². The third-order valence-corrected chi connectivity index (χ3v) is 1.33. The molecule has 0 aliphatic heterocycles. The number of hydrogen-bond donors (Lipinski definition) is 2. The fourth-order valence-corrected chi connectivity index (χ4v) is 0.733. The van der Waals surface area contributed by atoms with E-state index in [1.807, 2.05) is 0 Å². The van der Waals surface area contributed by atoms with E-state index in [1.165, 1.54) is 6.42 Å². The van der Waals surface area contributed by atoms with Gasteiger partial charge < -0.3 is 0 Å². The Bertz CT molecular complexity index is 59.5. The van der Waals surface area contributed by atoms with Gasteiger partial charge in [-0.25, -0.2) is 0 Å². The average molecular weight is 148 g/mol. The molecule has 0 N–H and O–H groups in total. The van der Waals surface area contributed by atoms with Crippen LogP contribution in [0.5, 0.6) is 0 Å². The van der Waals surface area contributed by atoms with E-state index in [4.69, 9.17) is 0 Å². The maximum Gasteiger partial charge on any atom is 0.00825 e. The van der Waals surface area contributed by atoms with Gasteiger partial charge in [-0.2, -0.15) is 25.3 Å². The van der Waals surface area contributed by atoms with Crippen molar-refractivity contribution in [1.82, 2.24) is 0 Å². The van der Waals surface area contributed by atoms with Gasteiger partial charge in [0.2, 0.25) is 0 Å². The van der Waals surface area contributed by atoms with Crippen LogP contribution in [0, 0.1) is 0 Å². The zero-order valence-electron chi connectivity index (χ0n) is 4.88. The summed E-state index contributed by atoms with van der Waals surface area (Å²) < 4.78 is 0. The molecule has 2 heteroatoms. The molecule has 0 atom stereocenters. The first-order valence-electron chi connectivity index (χ1n) is 2.78. The first-order valence-corrected chi connectivity index (χ1v) is 4.05. The zero-order chi connectivity index (χ0) is 6.24. The Morgan fingerprint density at radius 3 is 2.38 bits per heavy atom. The van der Waals surface area contributed by atoms with Crippen molar-refractivity contribution in [2.45, 2.75) is 12.8 Å². The van der Waals surface area contributed by atoms with E-state index in [1.54, 1.807) is 0 Å². The molecule has 0 saturated carbocycles. The molecule has 0 bridgehead atoms. The van der Waals surface area contributed by atoms with Crippen molar-refractivity contribution in [3.8, 4) is 0 Å². The summed E-state index contributed by atoms with van der Waals surface area (Å²) in [5, 5.41) is 0. The van der Waals surface area contributed by atoms with Crippen molar-refractivity contribution in [3.05, 3.63) is 12.2 Å². The van der Waals surface area contributed by atoms with Gasteiger partial charge in [0.1, 0.15) is 0 Å². The highest BCUT2D eigenvalue weighted by Crippen LogP contribution is 1.92. The maximum atomic E-state index is 4.07. The van der Waals surface area contributed by atoms with Crippen molar-refractivity contribution in [1.29, 1.82) is 0 Å². The predicted molar refractivity (Wildman–Crippen MR) is 46.1 cm³/mol. The van der Waals surface area contributed by atoms with E-state index in [0.717, 1.165) is 17.9 Å². The number of unbranched alkanes of at least 4 members (excludes halogenated alkanes) is 1. The van der Waals surface area contributed by atoms with Crippen LogP contribution in [0.3, 0.4) is 0 Å². The smallest absolute Gasteiger partial charge is 0.00825 e. The first kappa shape index (κ1) is 8.44. The van der Waals surface area contributed by atoms with Crippen LogP contribution in [-0.4, -0.2) is 11.5 Å². The van der Waals surface area contributed by atoms with E-state index in [9.17, 15) is 0 Å². The second-order valence-electron chi connectivity index (χ2n) is 1.52. The Morgan fingerprint density at radius 2 is 1.88 bits per heavy atom. The molecule has 0 fully saturated rings. The molecule has 0 spiro atoms. The van der Waals surface area contributed by atoms with Gasteiger partial charge in [-0.05, 0) is 18.6 Å². The lowest BCUT2D eigenvalue weighted by atomic mass is 10.3. The van der Waals surface area contributed by atoms with Crippen LogP contribution in [0.2, 0.25) is 0 Å². The summed E-state index contributed by atoms with van der Waals surface area (Å²) in [4.78, 5) is 0. The molecular formula is C6H12S2. The highest BCUT2D eigenvalue weighted by Gasteiger charge is 1.75. The molecule has 0 unspecified atom stereocenters. The van der Waals surface area contributed by atoms with Gasteiger partial charge in [-0.1, -0.05) is 12.2 Å². The van der Waals surface area contributed by atoms with Crippen LogP contribution in [0.1, 0.15) is 12.8 Å². The summed E-state index contributed by atoms with van der Waals surface area (Å²) >= 11 is 8.09. The normalized spacial score (nSPS) is 10.8. The largest absolute Gasteiger partial charge is 0.179 e. The maximum absolute atomic E-state index is 4.07. The summed E-state index contributed by atoms with van der Waals surface area (Å²) in [6.45, 7) is 0. The number of hydrogen-bond acceptors (Lipinski definition) is 2. The molecule has 0 aromatic carbocycles. The Balaban J connectivity index is 2.80. The number of rotatable bonds is 4. The number of thiol groups is 2. The van der Waals surface area contributed by atoms with Gasteiger partial charge in [-0.15, -0.1) is 0 Å². The number of allylic oxidation sites excluding steroid dienone is 1. The highest BCUT2D eigenvalue weighted by molar-refractivity contribution is 7.80. The fraction of sp³-hybridized carbons (Fsp3) is 0.667. The summed E-state index contributed by atoms with van der Waals surface area (Å²) in [6.07, 6.45) is 6.52. The second kappa shape index (κ2) is 7.44. The minimum Gasteiger partial charge on any atom is -0.179 e. The molecule has 0 aromatic heterocycles. The van der Waals surface area contributed by atoms with Crippen LogP contribution >= 0.6 is 25.3 Å².